The van der Waals surface area contributed by atoms with Crippen LogP contribution in [-0.4, -0.2) is 30.9 Å². The molecule has 0 aliphatic carbocycles. The SMILES string of the molecule is C=CCn1c(SCC(=O)c2cc(C)n(-c3ccc(F)cc3)c2C)nnc1-c1ccccc1. The summed E-state index contributed by atoms with van der Waals surface area (Å²) < 4.78 is 17.2. The molecule has 0 saturated heterocycles. The Morgan fingerprint density at radius 3 is 2.50 bits per heavy atom. The van der Waals surface area contributed by atoms with Gasteiger partial charge >= 0.3 is 0 Å². The molecule has 7 heteroatoms. The van der Waals surface area contributed by atoms with Crippen LogP contribution in [0.5, 0.6) is 0 Å². The Labute approximate surface area is 190 Å². The maximum Gasteiger partial charge on any atom is 0.192 e. The standard InChI is InChI=1S/C25H23FN4OS/c1-4-14-29-24(19-8-6-5-7-9-19)27-28-25(29)32-16-23(31)22-15-17(2)30(18(22)3)21-12-10-20(26)11-13-21/h4-13,15H,1,14,16H2,2-3H3. The molecule has 0 radical (unpaired) electrons. The minimum atomic E-state index is -0.289. The zero-order chi connectivity index (χ0) is 22.7. The zero-order valence-corrected chi connectivity index (χ0v) is 18.8. The number of benzene rings is 2. The second kappa shape index (κ2) is 9.36. The number of aromatic nitrogens is 4. The Kier molecular flexibility index (Phi) is 6.37. The largest absolute Gasteiger partial charge is 0.318 e. The van der Waals surface area contributed by atoms with E-state index in [9.17, 15) is 9.18 Å². The van der Waals surface area contributed by atoms with Crippen molar-refractivity contribution in [1.82, 2.24) is 19.3 Å². The van der Waals surface area contributed by atoms with E-state index >= 15 is 0 Å². The number of thioether (sulfide) groups is 1. The number of allylic oxidation sites excluding steroid dienone is 1. The van der Waals surface area contributed by atoms with E-state index in [1.807, 2.05) is 59.4 Å². The molecule has 5 nitrogen and oxygen atoms in total. The first-order valence-electron chi connectivity index (χ1n) is 10.2. The van der Waals surface area contributed by atoms with Crippen molar-refractivity contribution in [1.29, 1.82) is 0 Å². The lowest BCUT2D eigenvalue weighted by Gasteiger charge is -2.10. The van der Waals surface area contributed by atoms with Crippen LogP contribution >= 0.6 is 11.8 Å². The number of rotatable bonds is 8. The van der Waals surface area contributed by atoms with Gasteiger partial charge in [0.2, 0.25) is 0 Å². The predicted molar refractivity (Wildman–Crippen MR) is 126 cm³/mol. The lowest BCUT2D eigenvalue weighted by atomic mass is 10.2. The third-order valence-electron chi connectivity index (χ3n) is 5.21. The minimum Gasteiger partial charge on any atom is -0.318 e. The van der Waals surface area contributed by atoms with Gasteiger partial charge in [-0.15, -0.1) is 16.8 Å². The fourth-order valence-corrected chi connectivity index (χ4v) is 4.56. The second-order valence-corrected chi connectivity index (χ2v) is 8.32. The number of carbonyl (C=O) groups is 1. The topological polar surface area (TPSA) is 52.7 Å². The fraction of sp³-hybridized carbons (Fsp3) is 0.160. The molecule has 2 heterocycles. The molecule has 0 aliphatic rings. The molecule has 0 spiro atoms. The summed E-state index contributed by atoms with van der Waals surface area (Å²) in [6.45, 7) is 8.22. The minimum absolute atomic E-state index is 0.00544. The number of Topliss-reactive ketones (excluding diaryl/α,β-unsaturated/α-hetero) is 1. The summed E-state index contributed by atoms with van der Waals surface area (Å²) in [5.74, 6) is 0.695. The van der Waals surface area contributed by atoms with Crippen LogP contribution in [0, 0.1) is 19.7 Å². The molecule has 0 aliphatic heterocycles. The molecule has 0 unspecified atom stereocenters. The van der Waals surface area contributed by atoms with Gasteiger partial charge in [-0.3, -0.25) is 9.36 Å². The summed E-state index contributed by atoms with van der Waals surface area (Å²) in [7, 11) is 0. The highest BCUT2D eigenvalue weighted by Crippen LogP contribution is 2.27. The van der Waals surface area contributed by atoms with E-state index in [4.69, 9.17) is 0 Å². The Bertz CT molecular complexity index is 1260. The van der Waals surface area contributed by atoms with Crippen molar-refractivity contribution in [2.75, 3.05) is 5.75 Å². The van der Waals surface area contributed by atoms with Crippen LogP contribution in [-0.2, 0) is 6.54 Å². The number of carbonyl (C=O) groups excluding carboxylic acids is 1. The summed E-state index contributed by atoms with van der Waals surface area (Å²) in [4.78, 5) is 13.1. The van der Waals surface area contributed by atoms with Crippen molar-refractivity contribution in [2.24, 2.45) is 0 Å². The van der Waals surface area contributed by atoms with Crippen LogP contribution in [0.2, 0.25) is 0 Å². The van der Waals surface area contributed by atoms with Gasteiger partial charge in [0.05, 0.1) is 5.75 Å². The number of aryl methyl sites for hydroxylation is 1. The molecule has 0 saturated carbocycles. The smallest absolute Gasteiger partial charge is 0.192 e. The lowest BCUT2D eigenvalue weighted by Crippen LogP contribution is -2.07. The van der Waals surface area contributed by atoms with Crippen LogP contribution in [0.15, 0.2) is 78.5 Å². The van der Waals surface area contributed by atoms with Crippen molar-refractivity contribution in [3.05, 3.63) is 96.1 Å². The molecule has 162 valence electrons. The first-order chi connectivity index (χ1) is 15.5. The summed E-state index contributed by atoms with van der Waals surface area (Å²) >= 11 is 1.36. The van der Waals surface area contributed by atoms with E-state index < -0.39 is 0 Å². The third kappa shape index (κ3) is 4.29. The number of halogens is 1. The predicted octanol–water partition coefficient (Wildman–Crippen LogP) is 5.65. The molecule has 4 rings (SSSR count). The molecular weight excluding hydrogens is 423 g/mol. The molecule has 0 N–H and O–H groups in total. The van der Waals surface area contributed by atoms with Crippen molar-refractivity contribution in [3.63, 3.8) is 0 Å². The van der Waals surface area contributed by atoms with Gasteiger partial charge in [0.25, 0.3) is 0 Å². The Hall–Kier alpha value is -3.45. The maximum absolute atomic E-state index is 13.3. The van der Waals surface area contributed by atoms with Gasteiger partial charge in [0.1, 0.15) is 5.82 Å². The quantitative estimate of drug-likeness (QED) is 0.199. The summed E-state index contributed by atoms with van der Waals surface area (Å²) in [5.41, 5.74) is 4.19. The van der Waals surface area contributed by atoms with Gasteiger partial charge in [-0.1, -0.05) is 48.2 Å². The molecule has 0 amide bonds. The van der Waals surface area contributed by atoms with Gasteiger partial charge in [0, 0.05) is 34.7 Å². The Morgan fingerprint density at radius 2 is 1.81 bits per heavy atom. The molecular formula is C25H23FN4OS. The lowest BCUT2D eigenvalue weighted by molar-refractivity contribution is 0.102. The van der Waals surface area contributed by atoms with E-state index in [-0.39, 0.29) is 17.4 Å². The van der Waals surface area contributed by atoms with Crippen LogP contribution in [0.25, 0.3) is 17.1 Å². The first kappa shape index (κ1) is 21.8. The number of ketones is 1. The van der Waals surface area contributed by atoms with Gasteiger partial charge in [-0.05, 0) is 44.2 Å². The molecule has 2 aromatic heterocycles. The molecule has 0 atom stereocenters. The van der Waals surface area contributed by atoms with Gasteiger partial charge in [-0.25, -0.2) is 4.39 Å². The maximum atomic E-state index is 13.3. The van der Waals surface area contributed by atoms with E-state index in [0.717, 1.165) is 28.5 Å². The van der Waals surface area contributed by atoms with Crippen molar-refractivity contribution >= 4 is 17.5 Å². The summed E-state index contributed by atoms with van der Waals surface area (Å²) in [5, 5.41) is 9.32. The van der Waals surface area contributed by atoms with Gasteiger partial charge in [0.15, 0.2) is 16.8 Å². The summed E-state index contributed by atoms with van der Waals surface area (Å²) in [6, 6.07) is 18.0. The highest BCUT2D eigenvalue weighted by atomic mass is 32.2. The Morgan fingerprint density at radius 1 is 1.09 bits per heavy atom. The van der Waals surface area contributed by atoms with Crippen LogP contribution in [0.3, 0.4) is 0 Å². The molecule has 32 heavy (non-hydrogen) atoms. The number of hydrogen-bond donors (Lipinski definition) is 0. The first-order valence-corrected chi connectivity index (χ1v) is 11.2. The average Bonchev–Trinajstić information content (AvgIpc) is 3.34. The van der Waals surface area contributed by atoms with E-state index in [0.29, 0.717) is 17.3 Å². The van der Waals surface area contributed by atoms with E-state index in [1.54, 1.807) is 18.2 Å². The highest BCUT2D eigenvalue weighted by molar-refractivity contribution is 7.99. The number of nitrogens with zero attached hydrogens (tertiary/aromatic N) is 4. The highest BCUT2D eigenvalue weighted by Gasteiger charge is 2.19. The monoisotopic (exact) mass is 446 g/mol. The van der Waals surface area contributed by atoms with Gasteiger partial charge < -0.3 is 4.57 Å². The van der Waals surface area contributed by atoms with Gasteiger partial charge in [-0.2, -0.15) is 0 Å². The van der Waals surface area contributed by atoms with E-state index in [1.165, 1.54) is 23.9 Å². The zero-order valence-electron chi connectivity index (χ0n) is 18.0. The molecule has 2 aromatic carbocycles. The fourth-order valence-electron chi connectivity index (χ4n) is 3.73. The van der Waals surface area contributed by atoms with Crippen molar-refractivity contribution in [3.8, 4) is 17.1 Å². The summed E-state index contributed by atoms with van der Waals surface area (Å²) in [6.07, 6.45) is 1.79. The normalized spacial score (nSPS) is 11.0. The third-order valence-corrected chi connectivity index (χ3v) is 6.18. The Balaban J connectivity index is 1.56. The molecule has 0 bridgehead atoms. The van der Waals surface area contributed by atoms with Crippen molar-refractivity contribution in [2.45, 2.75) is 25.5 Å². The van der Waals surface area contributed by atoms with E-state index in [2.05, 4.69) is 16.8 Å². The average molecular weight is 447 g/mol. The molecule has 0 fully saturated rings. The van der Waals surface area contributed by atoms with Crippen molar-refractivity contribution < 1.29 is 9.18 Å². The second-order valence-electron chi connectivity index (χ2n) is 7.38. The molecule has 4 aromatic rings. The number of hydrogen-bond acceptors (Lipinski definition) is 4. The van der Waals surface area contributed by atoms with Crippen LogP contribution in [0.1, 0.15) is 21.7 Å². The van der Waals surface area contributed by atoms with Crippen LogP contribution in [0.4, 0.5) is 4.39 Å². The van der Waals surface area contributed by atoms with Crippen LogP contribution < -0.4 is 0 Å².